The van der Waals surface area contributed by atoms with Gasteiger partial charge in [0.2, 0.25) is 0 Å². The Morgan fingerprint density at radius 2 is 1.97 bits per heavy atom. The topological polar surface area (TPSA) is 58.1 Å². The Balaban J connectivity index is 1.33. The number of guanidine groups is 1. The van der Waals surface area contributed by atoms with Crippen LogP contribution in [0.15, 0.2) is 29.3 Å². The molecule has 0 amide bonds. The van der Waals surface area contributed by atoms with Crippen molar-refractivity contribution in [2.75, 3.05) is 39.9 Å². The minimum Gasteiger partial charge on any atom is -0.497 e. The van der Waals surface area contributed by atoms with E-state index in [1.54, 1.807) is 7.11 Å². The fourth-order valence-electron chi connectivity index (χ4n) is 4.29. The predicted octanol–water partition coefficient (Wildman–Crippen LogP) is 3.17. The Morgan fingerprint density at radius 1 is 1.17 bits per heavy atom. The van der Waals surface area contributed by atoms with Gasteiger partial charge < -0.3 is 20.1 Å². The lowest BCUT2D eigenvalue weighted by Crippen LogP contribution is -2.45. The van der Waals surface area contributed by atoms with E-state index in [0.29, 0.717) is 19.3 Å². The maximum atomic E-state index is 5.78. The molecule has 3 rings (SSSR count). The molecule has 1 saturated heterocycles. The van der Waals surface area contributed by atoms with Crippen LogP contribution in [-0.4, -0.2) is 62.8 Å². The van der Waals surface area contributed by atoms with Crippen LogP contribution in [0.5, 0.6) is 5.75 Å². The Kier molecular flexibility index (Phi) is 9.09. The molecule has 1 saturated carbocycles. The summed E-state index contributed by atoms with van der Waals surface area (Å²) in [6.07, 6.45) is 7.72. The number of rotatable bonds is 10. The molecule has 1 unspecified atom stereocenters. The highest BCUT2D eigenvalue weighted by atomic mass is 16.5. The molecule has 1 aromatic carbocycles. The zero-order valence-corrected chi connectivity index (χ0v) is 18.2. The van der Waals surface area contributed by atoms with Crippen molar-refractivity contribution >= 4 is 5.96 Å². The van der Waals surface area contributed by atoms with Crippen molar-refractivity contribution in [3.8, 4) is 5.75 Å². The highest BCUT2D eigenvalue weighted by molar-refractivity contribution is 5.80. The molecule has 29 heavy (non-hydrogen) atoms. The summed E-state index contributed by atoms with van der Waals surface area (Å²) < 4.78 is 11.0. The number of methoxy groups -OCH3 is 1. The van der Waals surface area contributed by atoms with Gasteiger partial charge in [-0.2, -0.15) is 0 Å². The molecular weight excluding hydrogens is 364 g/mol. The number of nitrogens with zero attached hydrogens (tertiary/aromatic N) is 2. The first-order chi connectivity index (χ1) is 14.3. The zero-order valence-electron chi connectivity index (χ0n) is 18.2. The summed E-state index contributed by atoms with van der Waals surface area (Å²) in [5, 5.41) is 7.03. The second-order valence-corrected chi connectivity index (χ2v) is 8.08. The maximum Gasteiger partial charge on any atom is 0.191 e. The van der Waals surface area contributed by atoms with E-state index in [1.807, 2.05) is 24.3 Å². The van der Waals surface area contributed by atoms with Crippen LogP contribution in [0.1, 0.15) is 51.0 Å². The third kappa shape index (κ3) is 7.19. The highest BCUT2D eigenvalue weighted by Gasteiger charge is 2.30. The summed E-state index contributed by atoms with van der Waals surface area (Å²) in [5.41, 5.74) is 1.16. The van der Waals surface area contributed by atoms with Gasteiger partial charge >= 0.3 is 0 Å². The van der Waals surface area contributed by atoms with E-state index in [0.717, 1.165) is 49.4 Å². The van der Waals surface area contributed by atoms with Crippen molar-refractivity contribution in [3.05, 3.63) is 29.8 Å². The van der Waals surface area contributed by atoms with E-state index in [-0.39, 0.29) is 0 Å². The molecule has 1 heterocycles. The lowest BCUT2D eigenvalue weighted by molar-refractivity contribution is 0.120. The molecule has 1 aliphatic heterocycles. The summed E-state index contributed by atoms with van der Waals surface area (Å²) in [6, 6.07) is 9.35. The summed E-state index contributed by atoms with van der Waals surface area (Å²) in [5.74, 6) is 1.82. The zero-order chi connectivity index (χ0) is 20.3. The molecule has 0 bridgehead atoms. The summed E-state index contributed by atoms with van der Waals surface area (Å²) in [6.45, 7) is 7.50. The first-order valence-electron chi connectivity index (χ1n) is 11.3. The van der Waals surface area contributed by atoms with E-state index >= 15 is 0 Å². The first-order valence-corrected chi connectivity index (χ1v) is 11.3. The second-order valence-electron chi connectivity index (χ2n) is 8.08. The number of likely N-dealkylation sites (tertiary alicyclic amines) is 1. The van der Waals surface area contributed by atoms with Gasteiger partial charge in [0.1, 0.15) is 5.75 Å². The number of ether oxygens (including phenoxy) is 2. The van der Waals surface area contributed by atoms with Gasteiger partial charge in [0.15, 0.2) is 5.96 Å². The van der Waals surface area contributed by atoms with Crippen molar-refractivity contribution in [2.45, 2.75) is 64.1 Å². The third-order valence-corrected chi connectivity index (χ3v) is 5.89. The molecule has 0 radical (unpaired) electrons. The Morgan fingerprint density at radius 3 is 2.69 bits per heavy atom. The molecule has 0 spiro atoms. The molecule has 0 aromatic heterocycles. The van der Waals surface area contributed by atoms with Crippen LogP contribution in [0.4, 0.5) is 0 Å². The van der Waals surface area contributed by atoms with E-state index in [1.165, 1.54) is 38.6 Å². The van der Waals surface area contributed by atoms with Crippen LogP contribution in [0, 0.1) is 0 Å². The van der Waals surface area contributed by atoms with Crippen molar-refractivity contribution in [2.24, 2.45) is 4.99 Å². The molecule has 6 heteroatoms. The number of hydrogen-bond donors (Lipinski definition) is 2. The van der Waals surface area contributed by atoms with Gasteiger partial charge in [-0.1, -0.05) is 25.0 Å². The SMILES string of the molecule is CCNC(=NCCCOCc1ccc(OC)cc1)NC1CCN(C2CCCC2)C1. The lowest BCUT2D eigenvalue weighted by atomic mass is 10.2. The molecule has 2 fully saturated rings. The summed E-state index contributed by atoms with van der Waals surface area (Å²) in [4.78, 5) is 7.43. The fraction of sp³-hybridized carbons (Fsp3) is 0.696. The summed E-state index contributed by atoms with van der Waals surface area (Å²) >= 11 is 0. The first kappa shape index (κ1) is 21.9. The number of nitrogens with one attached hydrogen (secondary N) is 2. The normalized spacial score (nSPS) is 20.9. The van der Waals surface area contributed by atoms with Gasteiger partial charge in [-0.05, 0) is 50.3 Å². The van der Waals surface area contributed by atoms with Crippen molar-refractivity contribution in [1.82, 2.24) is 15.5 Å². The molecule has 162 valence electrons. The second kappa shape index (κ2) is 12.0. The maximum absolute atomic E-state index is 5.78. The largest absolute Gasteiger partial charge is 0.497 e. The monoisotopic (exact) mass is 402 g/mol. The third-order valence-electron chi connectivity index (χ3n) is 5.89. The smallest absolute Gasteiger partial charge is 0.191 e. The average molecular weight is 403 g/mol. The van der Waals surface area contributed by atoms with E-state index < -0.39 is 0 Å². The van der Waals surface area contributed by atoms with Gasteiger partial charge in [0.25, 0.3) is 0 Å². The molecule has 2 aliphatic rings. The van der Waals surface area contributed by atoms with Crippen molar-refractivity contribution < 1.29 is 9.47 Å². The molecule has 1 atom stereocenters. The molecular formula is C23H38N4O2. The number of benzene rings is 1. The predicted molar refractivity (Wildman–Crippen MR) is 119 cm³/mol. The number of aliphatic imine (C=N–C) groups is 1. The Bertz CT molecular complexity index is 614. The van der Waals surface area contributed by atoms with E-state index in [9.17, 15) is 0 Å². The number of hydrogen-bond acceptors (Lipinski definition) is 4. The molecule has 1 aromatic rings. The van der Waals surface area contributed by atoms with Gasteiger partial charge in [-0.25, -0.2) is 0 Å². The van der Waals surface area contributed by atoms with Gasteiger partial charge in [-0.3, -0.25) is 9.89 Å². The Hall–Kier alpha value is -1.79. The minimum absolute atomic E-state index is 0.514. The standard InChI is InChI=1S/C23H38N4O2/c1-3-24-23(26-20-13-15-27(17-20)21-7-4-5-8-21)25-14-6-16-29-18-19-9-11-22(28-2)12-10-19/h9-12,20-21H,3-8,13-18H2,1-2H3,(H2,24,25,26). The van der Waals surface area contributed by atoms with E-state index in [2.05, 4.69) is 22.5 Å². The van der Waals surface area contributed by atoms with Gasteiger partial charge in [0.05, 0.1) is 13.7 Å². The van der Waals surface area contributed by atoms with Crippen LogP contribution in [-0.2, 0) is 11.3 Å². The van der Waals surface area contributed by atoms with Crippen molar-refractivity contribution in [3.63, 3.8) is 0 Å². The molecule has 2 N–H and O–H groups in total. The van der Waals surface area contributed by atoms with Crippen LogP contribution >= 0.6 is 0 Å². The average Bonchev–Trinajstić information content (AvgIpc) is 3.43. The van der Waals surface area contributed by atoms with Crippen LogP contribution in [0.2, 0.25) is 0 Å². The molecule has 1 aliphatic carbocycles. The minimum atomic E-state index is 0.514. The Labute approximate surface area is 176 Å². The highest BCUT2D eigenvalue weighted by Crippen LogP contribution is 2.26. The van der Waals surface area contributed by atoms with Crippen LogP contribution in [0.3, 0.4) is 0 Å². The van der Waals surface area contributed by atoms with Crippen LogP contribution in [0.25, 0.3) is 0 Å². The lowest BCUT2D eigenvalue weighted by Gasteiger charge is -2.24. The van der Waals surface area contributed by atoms with Crippen LogP contribution < -0.4 is 15.4 Å². The fourth-order valence-corrected chi connectivity index (χ4v) is 4.29. The van der Waals surface area contributed by atoms with Gasteiger partial charge in [0, 0.05) is 44.9 Å². The summed E-state index contributed by atoms with van der Waals surface area (Å²) in [7, 11) is 1.68. The van der Waals surface area contributed by atoms with Crippen molar-refractivity contribution in [1.29, 1.82) is 0 Å². The van der Waals surface area contributed by atoms with E-state index in [4.69, 9.17) is 14.5 Å². The quantitative estimate of drug-likeness (QED) is 0.358. The molecule has 6 nitrogen and oxygen atoms in total. The van der Waals surface area contributed by atoms with Gasteiger partial charge in [-0.15, -0.1) is 0 Å².